The monoisotopic (exact) mass is 410 g/mol. The van der Waals surface area contributed by atoms with E-state index in [0.29, 0.717) is 13.1 Å². The Balaban J connectivity index is 1.14. The second-order valence-electron chi connectivity index (χ2n) is 8.31. The fourth-order valence-corrected chi connectivity index (χ4v) is 5.18. The van der Waals surface area contributed by atoms with Gasteiger partial charge in [-0.05, 0) is 61.2 Å². The number of likely N-dealkylation sites (tertiary alicyclic amines) is 1. The number of fused-ring (bicyclic) bond motifs is 1. The zero-order valence-corrected chi connectivity index (χ0v) is 17.3. The third kappa shape index (κ3) is 4.01. The molecule has 1 aliphatic carbocycles. The molecular formula is C22H26N4O2S. The van der Waals surface area contributed by atoms with Crippen molar-refractivity contribution in [2.75, 3.05) is 29.9 Å². The van der Waals surface area contributed by atoms with Crippen LogP contribution in [0.1, 0.15) is 36.1 Å². The Bertz CT molecular complexity index is 898. The summed E-state index contributed by atoms with van der Waals surface area (Å²) in [6.07, 6.45) is 6.37. The van der Waals surface area contributed by atoms with Gasteiger partial charge in [0.05, 0.1) is 11.9 Å². The van der Waals surface area contributed by atoms with Crippen molar-refractivity contribution >= 4 is 34.7 Å². The van der Waals surface area contributed by atoms with Crippen LogP contribution in [0.25, 0.3) is 0 Å². The van der Waals surface area contributed by atoms with E-state index in [9.17, 15) is 9.59 Å². The number of carbonyl (C=O) groups excluding carboxylic acids is 2. The van der Waals surface area contributed by atoms with Crippen LogP contribution in [-0.4, -0.2) is 41.3 Å². The topological polar surface area (TPSA) is 65.5 Å². The van der Waals surface area contributed by atoms with E-state index in [-0.39, 0.29) is 23.7 Å². The van der Waals surface area contributed by atoms with Gasteiger partial charge in [-0.3, -0.25) is 9.59 Å². The Morgan fingerprint density at radius 3 is 2.59 bits per heavy atom. The van der Waals surface area contributed by atoms with E-state index in [2.05, 4.69) is 26.6 Å². The van der Waals surface area contributed by atoms with Crippen molar-refractivity contribution in [2.45, 2.75) is 38.6 Å². The number of amides is 2. The molecule has 4 heterocycles. The molecule has 2 aliphatic heterocycles. The number of piperidine rings is 1. The van der Waals surface area contributed by atoms with Crippen molar-refractivity contribution in [2.24, 2.45) is 11.8 Å². The maximum absolute atomic E-state index is 12.6. The number of pyridine rings is 1. The normalized spacial score (nSPS) is 19.7. The van der Waals surface area contributed by atoms with Crippen molar-refractivity contribution in [1.82, 2.24) is 9.88 Å². The van der Waals surface area contributed by atoms with E-state index < -0.39 is 0 Å². The van der Waals surface area contributed by atoms with Crippen LogP contribution in [0.4, 0.5) is 11.5 Å². The van der Waals surface area contributed by atoms with Gasteiger partial charge in [0.1, 0.15) is 5.82 Å². The highest BCUT2D eigenvalue weighted by atomic mass is 32.1. The first-order chi connectivity index (χ1) is 14.2. The van der Waals surface area contributed by atoms with Gasteiger partial charge in [-0.2, -0.15) is 0 Å². The number of nitrogens with one attached hydrogen (secondary N) is 1. The maximum Gasteiger partial charge on any atom is 0.227 e. The molecule has 6 nitrogen and oxygen atoms in total. The van der Waals surface area contributed by atoms with Gasteiger partial charge >= 0.3 is 0 Å². The number of anilines is 2. The highest BCUT2D eigenvalue weighted by Gasteiger charge is 2.36. The molecule has 0 bridgehead atoms. The van der Waals surface area contributed by atoms with Crippen LogP contribution in [0, 0.1) is 11.8 Å². The summed E-state index contributed by atoms with van der Waals surface area (Å²) in [5, 5.41) is 5.17. The molecule has 2 aromatic rings. The van der Waals surface area contributed by atoms with Crippen molar-refractivity contribution < 1.29 is 9.59 Å². The van der Waals surface area contributed by atoms with Gasteiger partial charge in [0.25, 0.3) is 0 Å². The van der Waals surface area contributed by atoms with Gasteiger partial charge in [-0.15, -0.1) is 11.3 Å². The minimum atomic E-state index is -0.0305. The molecule has 5 rings (SSSR count). The summed E-state index contributed by atoms with van der Waals surface area (Å²) in [4.78, 5) is 35.1. The van der Waals surface area contributed by atoms with Crippen LogP contribution in [0.2, 0.25) is 0 Å². The molecule has 152 valence electrons. The summed E-state index contributed by atoms with van der Waals surface area (Å²) in [7, 11) is 0. The van der Waals surface area contributed by atoms with E-state index >= 15 is 0 Å². The quantitative estimate of drug-likeness (QED) is 0.840. The van der Waals surface area contributed by atoms with Crippen molar-refractivity contribution in [3.05, 3.63) is 40.2 Å². The number of aromatic nitrogens is 1. The van der Waals surface area contributed by atoms with Gasteiger partial charge in [0.2, 0.25) is 11.8 Å². The van der Waals surface area contributed by atoms with Gasteiger partial charge in [-0.25, -0.2) is 4.98 Å². The minimum absolute atomic E-state index is 0.0305. The number of thiophene rings is 1. The lowest BCUT2D eigenvalue weighted by molar-refractivity contribution is -0.135. The molecule has 2 aromatic heterocycles. The lowest BCUT2D eigenvalue weighted by atomic mass is 9.95. The Hall–Kier alpha value is -2.41. The molecule has 3 aliphatic rings. The third-order valence-corrected chi connectivity index (χ3v) is 7.27. The van der Waals surface area contributed by atoms with Gasteiger partial charge in [0.15, 0.2) is 0 Å². The lowest BCUT2D eigenvalue weighted by Gasteiger charge is -2.31. The second-order valence-corrected chi connectivity index (χ2v) is 9.31. The van der Waals surface area contributed by atoms with E-state index in [0.717, 1.165) is 56.7 Å². The molecular weight excluding hydrogens is 384 g/mol. The zero-order chi connectivity index (χ0) is 19.8. The molecule has 0 aromatic carbocycles. The molecule has 1 saturated carbocycles. The molecule has 0 atom stereocenters. The third-order valence-electron chi connectivity index (χ3n) is 6.25. The van der Waals surface area contributed by atoms with Gasteiger partial charge in [-0.1, -0.05) is 0 Å². The fourth-order valence-electron chi connectivity index (χ4n) is 4.29. The minimum Gasteiger partial charge on any atom is -0.352 e. The Morgan fingerprint density at radius 2 is 1.86 bits per heavy atom. The molecule has 1 saturated heterocycles. The van der Waals surface area contributed by atoms with E-state index in [1.807, 2.05) is 28.4 Å². The number of hydrogen-bond donors (Lipinski definition) is 1. The second kappa shape index (κ2) is 7.78. The van der Waals surface area contributed by atoms with Crippen LogP contribution in [0.15, 0.2) is 29.8 Å². The van der Waals surface area contributed by atoms with Crippen LogP contribution in [0.5, 0.6) is 0 Å². The highest BCUT2D eigenvalue weighted by molar-refractivity contribution is 7.10. The highest BCUT2D eigenvalue weighted by Crippen LogP contribution is 2.32. The predicted molar refractivity (Wildman–Crippen MR) is 114 cm³/mol. The standard InChI is InChI=1S/C22H26N4O2S/c27-21(15-5-9-25(10-6-15)22(28)16-1-2-16)24-18-3-4-20(23-13-18)26-11-7-19-17(14-26)8-12-29-19/h3-4,8,12-13,15-16H,1-2,5-7,9-11,14H2,(H,24,27). The summed E-state index contributed by atoms with van der Waals surface area (Å²) >= 11 is 1.84. The van der Waals surface area contributed by atoms with E-state index in [1.165, 1.54) is 10.4 Å². The molecule has 7 heteroatoms. The number of nitrogens with zero attached hydrogens (tertiary/aromatic N) is 3. The number of carbonyl (C=O) groups is 2. The predicted octanol–water partition coefficient (Wildman–Crippen LogP) is 3.29. The van der Waals surface area contributed by atoms with Crippen LogP contribution < -0.4 is 10.2 Å². The van der Waals surface area contributed by atoms with E-state index in [1.54, 1.807) is 6.20 Å². The molecule has 1 N–H and O–H groups in total. The smallest absolute Gasteiger partial charge is 0.227 e. The average Bonchev–Trinajstić information content (AvgIpc) is 3.51. The van der Waals surface area contributed by atoms with Gasteiger partial charge in [0, 0.05) is 42.9 Å². The SMILES string of the molecule is O=C(Nc1ccc(N2CCc3sccc3C2)nc1)C1CCN(C(=O)C2CC2)CC1. The number of hydrogen-bond acceptors (Lipinski definition) is 5. The molecule has 29 heavy (non-hydrogen) atoms. The molecule has 0 spiro atoms. The summed E-state index contributed by atoms with van der Waals surface area (Å²) in [6.45, 7) is 3.27. The summed E-state index contributed by atoms with van der Waals surface area (Å²) in [5.74, 6) is 1.51. The van der Waals surface area contributed by atoms with Crippen molar-refractivity contribution in [1.29, 1.82) is 0 Å². The van der Waals surface area contributed by atoms with Gasteiger partial charge < -0.3 is 15.1 Å². The van der Waals surface area contributed by atoms with E-state index in [4.69, 9.17) is 0 Å². The van der Waals surface area contributed by atoms with Crippen LogP contribution in [-0.2, 0) is 22.6 Å². The molecule has 0 radical (unpaired) electrons. The Morgan fingerprint density at radius 1 is 1.03 bits per heavy atom. The Labute approximate surface area is 174 Å². The maximum atomic E-state index is 12.6. The van der Waals surface area contributed by atoms with Crippen molar-refractivity contribution in [3.63, 3.8) is 0 Å². The fraction of sp³-hybridized carbons (Fsp3) is 0.500. The molecule has 2 amide bonds. The first-order valence-corrected chi connectivity index (χ1v) is 11.4. The summed E-state index contributed by atoms with van der Waals surface area (Å²) in [5.41, 5.74) is 2.13. The molecule has 2 fully saturated rings. The molecule has 0 unspecified atom stereocenters. The number of rotatable bonds is 4. The first kappa shape index (κ1) is 18.6. The summed E-state index contributed by atoms with van der Waals surface area (Å²) in [6, 6.07) is 6.13. The largest absolute Gasteiger partial charge is 0.352 e. The zero-order valence-electron chi connectivity index (χ0n) is 16.5. The van der Waals surface area contributed by atoms with Crippen LogP contribution in [0.3, 0.4) is 0 Å². The average molecular weight is 411 g/mol. The first-order valence-electron chi connectivity index (χ1n) is 10.5. The van der Waals surface area contributed by atoms with Crippen molar-refractivity contribution in [3.8, 4) is 0 Å². The van der Waals surface area contributed by atoms with Crippen LogP contribution >= 0.6 is 11.3 Å². The Kier molecular flexibility index (Phi) is 4.99. The lowest BCUT2D eigenvalue weighted by Crippen LogP contribution is -2.42. The summed E-state index contributed by atoms with van der Waals surface area (Å²) < 4.78 is 0.